The summed E-state index contributed by atoms with van der Waals surface area (Å²) in [7, 11) is 4.12. The Kier molecular flexibility index (Phi) is 6.44. The van der Waals surface area contributed by atoms with Crippen LogP contribution in [0.25, 0.3) is 0 Å². The molecule has 1 heterocycles. The van der Waals surface area contributed by atoms with Crippen LogP contribution >= 0.6 is 0 Å². The van der Waals surface area contributed by atoms with Crippen LogP contribution in [0.2, 0.25) is 0 Å². The Morgan fingerprint density at radius 2 is 1.81 bits per heavy atom. The zero-order chi connectivity index (χ0) is 19.1. The normalized spacial score (nSPS) is 11.1. The van der Waals surface area contributed by atoms with Crippen LogP contribution in [0, 0.1) is 0 Å². The molecule has 3 aromatic rings. The van der Waals surface area contributed by atoms with Crippen LogP contribution in [0.15, 0.2) is 54.6 Å². The molecule has 0 radical (unpaired) electrons. The highest BCUT2D eigenvalue weighted by molar-refractivity contribution is 5.28. The van der Waals surface area contributed by atoms with Gasteiger partial charge in [-0.15, -0.1) is 0 Å². The fourth-order valence-electron chi connectivity index (χ4n) is 2.92. The zero-order valence-corrected chi connectivity index (χ0v) is 16.0. The molecule has 0 saturated carbocycles. The van der Waals surface area contributed by atoms with Crippen molar-refractivity contribution in [2.75, 3.05) is 26.4 Å². The van der Waals surface area contributed by atoms with E-state index < -0.39 is 0 Å². The van der Waals surface area contributed by atoms with Gasteiger partial charge in [0, 0.05) is 25.9 Å². The lowest BCUT2D eigenvalue weighted by atomic mass is 10.1. The molecule has 3 rings (SSSR count). The minimum Gasteiger partial charge on any atom is -0.494 e. The fourth-order valence-corrected chi connectivity index (χ4v) is 2.92. The number of rotatable bonds is 9. The Bertz CT molecular complexity index is 845. The summed E-state index contributed by atoms with van der Waals surface area (Å²) in [4.78, 5) is 6.50. The number of nitrogen functional groups attached to an aromatic ring is 1. The maximum Gasteiger partial charge on any atom is 0.218 e. The van der Waals surface area contributed by atoms with Crippen molar-refractivity contribution in [3.05, 3.63) is 71.5 Å². The Morgan fingerprint density at radius 1 is 1.04 bits per heavy atom. The summed E-state index contributed by atoms with van der Waals surface area (Å²) in [5.41, 5.74) is 8.41. The van der Waals surface area contributed by atoms with Gasteiger partial charge in [-0.05, 0) is 37.4 Å². The number of anilines is 1. The number of aryl methyl sites for hydroxylation is 1. The van der Waals surface area contributed by atoms with E-state index in [4.69, 9.17) is 10.5 Å². The second-order valence-corrected chi connectivity index (χ2v) is 6.86. The summed E-state index contributed by atoms with van der Waals surface area (Å²) in [6.07, 6.45) is 1.50. The molecule has 1 aromatic heterocycles. The van der Waals surface area contributed by atoms with Crippen molar-refractivity contribution in [3.8, 4) is 5.75 Å². The Morgan fingerprint density at radius 3 is 2.59 bits per heavy atom. The minimum absolute atomic E-state index is 0.453. The predicted molar refractivity (Wildman–Crippen MR) is 108 cm³/mol. The molecule has 142 valence electrons. The summed E-state index contributed by atoms with van der Waals surface area (Å²) in [5, 5.41) is 4.52. The Hall–Kier alpha value is -2.86. The molecule has 6 nitrogen and oxygen atoms in total. The molecule has 0 aliphatic rings. The molecule has 0 amide bonds. The van der Waals surface area contributed by atoms with Crippen LogP contribution in [0.3, 0.4) is 0 Å². The third-order valence-corrected chi connectivity index (χ3v) is 4.13. The monoisotopic (exact) mass is 365 g/mol. The second kappa shape index (κ2) is 9.19. The van der Waals surface area contributed by atoms with Gasteiger partial charge < -0.3 is 15.4 Å². The van der Waals surface area contributed by atoms with E-state index in [1.54, 1.807) is 4.68 Å². The Labute approximate surface area is 160 Å². The van der Waals surface area contributed by atoms with Crippen LogP contribution in [-0.4, -0.2) is 40.4 Å². The first-order chi connectivity index (χ1) is 13.1. The van der Waals surface area contributed by atoms with Crippen molar-refractivity contribution < 1.29 is 4.74 Å². The lowest BCUT2D eigenvalue weighted by molar-refractivity contribution is 0.298. The van der Waals surface area contributed by atoms with E-state index in [2.05, 4.69) is 53.3 Å². The van der Waals surface area contributed by atoms with Crippen molar-refractivity contribution in [3.63, 3.8) is 0 Å². The average Bonchev–Trinajstić information content (AvgIpc) is 2.98. The van der Waals surface area contributed by atoms with E-state index in [9.17, 15) is 0 Å². The van der Waals surface area contributed by atoms with E-state index in [0.717, 1.165) is 24.5 Å². The van der Waals surface area contributed by atoms with Crippen LogP contribution in [0.5, 0.6) is 5.75 Å². The summed E-state index contributed by atoms with van der Waals surface area (Å²) >= 11 is 0. The number of ether oxygens (including phenoxy) is 1. The predicted octanol–water partition coefficient (Wildman–Crippen LogP) is 2.98. The standard InChI is InChI=1S/C21H27N5O/c1-25(2)16-18-10-6-11-19(14-18)27-13-7-12-26-21(22)23-20(24-26)15-17-8-4-3-5-9-17/h3-6,8-11,14H,7,12-13,15-16H2,1-2H3,(H2,22,23,24). The first-order valence-electron chi connectivity index (χ1n) is 9.20. The van der Waals surface area contributed by atoms with Crippen molar-refractivity contribution in [1.82, 2.24) is 19.7 Å². The molecule has 6 heteroatoms. The molecule has 0 spiro atoms. The molecule has 0 fully saturated rings. The fraction of sp³-hybridized carbons (Fsp3) is 0.333. The maximum atomic E-state index is 6.00. The quantitative estimate of drug-likeness (QED) is 0.591. The van der Waals surface area contributed by atoms with Gasteiger partial charge in [0.2, 0.25) is 5.95 Å². The third-order valence-electron chi connectivity index (χ3n) is 4.13. The van der Waals surface area contributed by atoms with Gasteiger partial charge in [0.15, 0.2) is 5.82 Å². The topological polar surface area (TPSA) is 69.2 Å². The third kappa shape index (κ3) is 5.82. The molecule has 0 aliphatic heterocycles. The molecule has 0 atom stereocenters. The van der Waals surface area contributed by atoms with Crippen LogP contribution in [0.4, 0.5) is 5.95 Å². The van der Waals surface area contributed by atoms with E-state index >= 15 is 0 Å². The maximum absolute atomic E-state index is 6.00. The number of aromatic nitrogens is 3. The lowest BCUT2D eigenvalue weighted by Gasteiger charge is -2.11. The molecule has 0 aliphatic carbocycles. The van der Waals surface area contributed by atoms with E-state index in [1.165, 1.54) is 11.1 Å². The van der Waals surface area contributed by atoms with Gasteiger partial charge in [-0.3, -0.25) is 0 Å². The van der Waals surface area contributed by atoms with Crippen molar-refractivity contribution >= 4 is 5.95 Å². The first kappa shape index (κ1) is 18.9. The highest BCUT2D eigenvalue weighted by atomic mass is 16.5. The summed E-state index contributed by atoms with van der Waals surface area (Å²) in [6.45, 7) is 2.20. The SMILES string of the molecule is CN(C)Cc1cccc(OCCCn2nc(Cc3ccccc3)nc2N)c1. The second-order valence-electron chi connectivity index (χ2n) is 6.86. The van der Waals surface area contributed by atoms with Gasteiger partial charge in [-0.1, -0.05) is 42.5 Å². The Balaban J connectivity index is 1.48. The van der Waals surface area contributed by atoms with Crippen molar-refractivity contribution in [2.45, 2.75) is 25.9 Å². The number of hydrogen-bond acceptors (Lipinski definition) is 5. The first-order valence-corrected chi connectivity index (χ1v) is 9.20. The molecule has 0 bridgehead atoms. The zero-order valence-electron chi connectivity index (χ0n) is 16.0. The molecule has 27 heavy (non-hydrogen) atoms. The molecule has 0 unspecified atom stereocenters. The number of nitrogens with zero attached hydrogens (tertiary/aromatic N) is 4. The van der Waals surface area contributed by atoms with E-state index in [-0.39, 0.29) is 0 Å². The molecule has 0 saturated heterocycles. The van der Waals surface area contributed by atoms with Gasteiger partial charge in [0.05, 0.1) is 6.61 Å². The largest absolute Gasteiger partial charge is 0.494 e. The van der Waals surface area contributed by atoms with E-state index in [0.29, 0.717) is 25.5 Å². The smallest absolute Gasteiger partial charge is 0.218 e. The summed E-state index contributed by atoms with van der Waals surface area (Å²) < 4.78 is 7.63. The van der Waals surface area contributed by atoms with Gasteiger partial charge in [-0.2, -0.15) is 10.1 Å². The number of nitrogens with two attached hydrogens (primary N) is 1. The minimum atomic E-state index is 0.453. The summed E-state index contributed by atoms with van der Waals surface area (Å²) in [6, 6.07) is 18.4. The van der Waals surface area contributed by atoms with Crippen LogP contribution in [0.1, 0.15) is 23.4 Å². The van der Waals surface area contributed by atoms with Crippen LogP contribution < -0.4 is 10.5 Å². The molecule has 2 aromatic carbocycles. The van der Waals surface area contributed by atoms with Crippen LogP contribution in [-0.2, 0) is 19.5 Å². The summed E-state index contributed by atoms with van der Waals surface area (Å²) in [5.74, 6) is 2.09. The highest BCUT2D eigenvalue weighted by Crippen LogP contribution is 2.15. The van der Waals surface area contributed by atoms with Gasteiger partial charge in [-0.25, -0.2) is 4.68 Å². The average molecular weight is 365 g/mol. The van der Waals surface area contributed by atoms with Gasteiger partial charge in [0.1, 0.15) is 5.75 Å². The molecular formula is C21H27N5O. The lowest BCUT2D eigenvalue weighted by Crippen LogP contribution is -2.11. The molecular weight excluding hydrogens is 338 g/mol. The van der Waals surface area contributed by atoms with Crippen molar-refractivity contribution in [2.24, 2.45) is 0 Å². The van der Waals surface area contributed by atoms with Gasteiger partial charge >= 0.3 is 0 Å². The van der Waals surface area contributed by atoms with Crippen molar-refractivity contribution in [1.29, 1.82) is 0 Å². The van der Waals surface area contributed by atoms with E-state index in [1.807, 2.05) is 30.3 Å². The number of benzene rings is 2. The number of hydrogen-bond donors (Lipinski definition) is 1. The molecule has 2 N–H and O–H groups in total. The van der Waals surface area contributed by atoms with Gasteiger partial charge in [0.25, 0.3) is 0 Å². The highest BCUT2D eigenvalue weighted by Gasteiger charge is 2.08.